The largest absolute Gasteiger partial charge is 0.372 e. The number of para-hydroxylation sites is 1. The molecule has 2 aromatic carbocycles. The maximum Gasteiger partial charge on any atom is 0.276 e. The molecule has 0 spiro atoms. The molecule has 1 aromatic heterocycles. The minimum absolute atomic E-state index is 0.237. The van der Waals surface area contributed by atoms with Crippen molar-refractivity contribution >= 4 is 17.3 Å². The van der Waals surface area contributed by atoms with E-state index in [4.69, 9.17) is 0 Å². The predicted octanol–water partition coefficient (Wildman–Crippen LogP) is 4.17. The van der Waals surface area contributed by atoms with Gasteiger partial charge >= 0.3 is 0 Å². The molecule has 0 aliphatic carbocycles. The summed E-state index contributed by atoms with van der Waals surface area (Å²) >= 11 is 0. The highest BCUT2D eigenvalue weighted by Crippen LogP contribution is 2.26. The van der Waals surface area contributed by atoms with Crippen LogP contribution in [0.5, 0.6) is 0 Å². The van der Waals surface area contributed by atoms with Crippen LogP contribution in [0, 0.1) is 12.7 Å². The van der Waals surface area contributed by atoms with Gasteiger partial charge in [0, 0.05) is 30.7 Å². The van der Waals surface area contributed by atoms with Gasteiger partial charge in [0.05, 0.1) is 0 Å². The molecule has 0 unspecified atom stereocenters. The third-order valence-corrected chi connectivity index (χ3v) is 4.85. The number of nitrogens with zero attached hydrogens (tertiary/aromatic N) is 3. The standard InChI is InChI=1S/C21H21FN4O/c1-15-14-16(25-11-4-5-12-25)8-9-18(15)23-21(27)19-10-13-26(24-19)20-7-3-2-6-17(20)22/h2-3,6-10,13-14H,4-5,11-12H2,1H3,(H,23,27). The molecule has 27 heavy (non-hydrogen) atoms. The van der Waals surface area contributed by atoms with E-state index in [-0.39, 0.29) is 17.4 Å². The van der Waals surface area contributed by atoms with Crippen LogP contribution in [-0.4, -0.2) is 28.8 Å². The summed E-state index contributed by atoms with van der Waals surface area (Å²) < 4.78 is 15.3. The van der Waals surface area contributed by atoms with Crippen LogP contribution in [-0.2, 0) is 0 Å². The first-order chi connectivity index (χ1) is 13.1. The molecular weight excluding hydrogens is 343 g/mol. The lowest BCUT2D eigenvalue weighted by Gasteiger charge is -2.19. The second-order valence-corrected chi connectivity index (χ2v) is 6.74. The average Bonchev–Trinajstić information content (AvgIpc) is 3.36. The summed E-state index contributed by atoms with van der Waals surface area (Å²) in [5, 5.41) is 7.10. The van der Waals surface area contributed by atoms with Crippen molar-refractivity contribution in [2.24, 2.45) is 0 Å². The van der Waals surface area contributed by atoms with E-state index in [1.54, 1.807) is 30.5 Å². The summed E-state index contributed by atoms with van der Waals surface area (Å²) in [6, 6.07) is 14.0. The number of benzene rings is 2. The Labute approximate surface area is 157 Å². The normalized spacial score (nSPS) is 13.8. The van der Waals surface area contributed by atoms with Crippen LogP contribution in [0.3, 0.4) is 0 Å². The van der Waals surface area contributed by atoms with Gasteiger partial charge in [-0.3, -0.25) is 4.79 Å². The topological polar surface area (TPSA) is 50.2 Å². The SMILES string of the molecule is Cc1cc(N2CCCC2)ccc1NC(=O)c1ccn(-c2ccccc2F)n1. The van der Waals surface area contributed by atoms with Gasteiger partial charge in [-0.15, -0.1) is 0 Å². The fraction of sp³-hybridized carbons (Fsp3) is 0.238. The lowest BCUT2D eigenvalue weighted by atomic mass is 10.1. The van der Waals surface area contributed by atoms with Crippen molar-refractivity contribution in [1.29, 1.82) is 0 Å². The van der Waals surface area contributed by atoms with E-state index in [0.717, 1.165) is 24.3 Å². The lowest BCUT2D eigenvalue weighted by Crippen LogP contribution is -2.18. The van der Waals surface area contributed by atoms with Crippen molar-refractivity contribution in [1.82, 2.24) is 9.78 Å². The number of carbonyl (C=O) groups excluding carboxylic acids is 1. The van der Waals surface area contributed by atoms with E-state index in [9.17, 15) is 9.18 Å². The molecule has 1 saturated heterocycles. The van der Waals surface area contributed by atoms with Crippen LogP contribution in [0.2, 0.25) is 0 Å². The van der Waals surface area contributed by atoms with Crippen LogP contribution in [0.15, 0.2) is 54.7 Å². The number of aryl methyl sites for hydroxylation is 1. The first-order valence-corrected chi connectivity index (χ1v) is 9.09. The van der Waals surface area contributed by atoms with Crippen molar-refractivity contribution in [3.8, 4) is 5.69 Å². The maximum absolute atomic E-state index is 13.9. The third-order valence-electron chi connectivity index (χ3n) is 4.85. The van der Waals surface area contributed by atoms with E-state index in [1.165, 1.54) is 29.3 Å². The smallest absolute Gasteiger partial charge is 0.276 e. The van der Waals surface area contributed by atoms with E-state index < -0.39 is 0 Å². The van der Waals surface area contributed by atoms with Gasteiger partial charge in [0.25, 0.3) is 5.91 Å². The lowest BCUT2D eigenvalue weighted by molar-refractivity contribution is 0.102. The number of aromatic nitrogens is 2. The van der Waals surface area contributed by atoms with Crippen molar-refractivity contribution < 1.29 is 9.18 Å². The predicted molar refractivity (Wildman–Crippen MR) is 104 cm³/mol. The Kier molecular flexibility index (Phi) is 4.62. The van der Waals surface area contributed by atoms with Crippen LogP contribution in [0.1, 0.15) is 28.9 Å². The first kappa shape index (κ1) is 17.3. The third kappa shape index (κ3) is 3.56. The molecule has 3 aromatic rings. The van der Waals surface area contributed by atoms with Crippen LogP contribution >= 0.6 is 0 Å². The monoisotopic (exact) mass is 364 g/mol. The van der Waals surface area contributed by atoms with E-state index in [2.05, 4.69) is 21.4 Å². The number of amides is 1. The minimum atomic E-state index is -0.388. The molecule has 5 nitrogen and oxygen atoms in total. The van der Waals surface area contributed by atoms with Crippen LogP contribution < -0.4 is 10.2 Å². The molecule has 0 radical (unpaired) electrons. The fourth-order valence-corrected chi connectivity index (χ4v) is 3.36. The Balaban J connectivity index is 1.50. The molecule has 6 heteroatoms. The first-order valence-electron chi connectivity index (χ1n) is 9.09. The zero-order valence-electron chi connectivity index (χ0n) is 15.2. The zero-order valence-corrected chi connectivity index (χ0v) is 15.2. The Morgan fingerprint density at radius 3 is 2.63 bits per heavy atom. The molecule has 4 rings (SSSR count). The molecule has 2 heterocycles. The van der Waals surface area contributed by atoms with Gasteiger partial charge < -0.3 is 10.2 Å². The van der Waals surface area contributed by atoms with Gasteiger partial charge in [-0.05, 0) is 61.7 Å². The van der Waals surface area contributed by atoms with Crippen molar-refractivity contribution in [3.63, 3.8) is 0 Å². The van der Waals surface area contributed by atoms with Gasteiger partial charge in [-0.25, -0.2) is 9.07 Å². The number of hydrogen-bond donors (Lipinski definition) is 1. The highest BCUT2D eigenvalue weighted by atomic mass is 19.1. The summed E-state index contributed by atoms with van der Waals surface area (Å²) in [4.78, 5) is 14.9. The number of halogens is 1. The van der Waals surface area contributed by atoms with Crippen molar-refractivity contribution in [2.45, 2.75) is 19.8 Å². The second kappa shape index (κ2) is 7.23. The molecule has 1 fully saturated rings. The van der Waals surface area contributed by atoms with E-state index in [0.29, 0.717) is 5.69 Å². The number of carbonyl (C=O) groups is 1. The van der Waals surface area contributed by atoms with Crippen LogP contribution in [0.4, 0.5) is 15.8 Å². The van der Waals surface area contributed by atoms with Gasteiger partial charge in [0.2, 0.25) is 0 Å². The molecule has 1 N–H and O–H groups in total. The van der Waals surface area contributed by atoms with Gasteiger partial charge in [0.1, 0.15) is 11.5 Å². The summed E-state index contributed by atoms with van der Waals surface area (Å²) in [6.07, 6.45) is 4.03. The Bertz CT molecular complexity index is 976. The Morgan fingerprint density at radius 1 is 1.11 bits per heavy atom. The minimum Gasteiger partial charge on any atom is -0.372 e. The maximum atomic E-state index is 13.9. The van der Waals surface area contributed by atoms with Gasteiger partial charge in [-0.2, -0.15) is 5.10 Å². The van der Waals surface area contributed by atoms with Crippen molar-refractivity contribution in [2.75, 3.05) is 23.3 Å². The summed E-state index contributed by atoms with van der Waals surface area (Å²) in [5.74, 6) is -0.706. The summed E-state index contributed by atoms with van der Waals surface area (Å²) in [7, 11) is 0. The van der Waals surface area contributed by atoms with Crippen LogP contribution in [0.25, 0.3) is 5.69 Å². The van der Waals surface area contributed by atoms with Crippen molar-refractivity contribution in [3.05, 3.63) is 71.8 Å². The highest BCUT2D eigenvalue weighted by molar-refractivity contribution is 6.03. The quantitative estimate of drug-likeness (QED) is 0.756. The fourth-order valence-electron chi connectivity index (χ4n) is 3.36. The molecule has 0 bridgehead atoms. The van der Waals surface area contributed by atoms with E-state index in [1.807, 2.05) is 19.1 Å². The molecule has 0 atom stereocenters. The molecule has 138 valence electrons. The number of nitrogens with one attached hydrogen (secondary N) is 1. The highest BCUT2D eigenvalue weighted by Gasteiger charge is 2.15. The molecular formula is C21H21FN4O. The van der Waals surface area contributed by atoms with Gasteiger partial charge in [0.15, 0.2) is 5.69 Å². The zero-order chi connectivity index (χ0) is 18.8. The Morgan fingerprint density at radius 2 is 1.89 bits per heavy atom. The molecule has 1 aliphatic heterocycles. The molecule has 0 saturated carbocycles. The molecule has 1 amide bonds. The number of anilines is 2. The van der Waals surface area contributed by atoms with Gasteiger partial charge in [-0.1, -0.05) is 12.1 Å². The van der Waals surface area contributed by atoms with E-state index >= 15 is 0 Å². The number of hydrogen-bond acceptors (Lipinski definition) is 3. The molecule has 1 aliphatic rings. The second-order valence-electron chi connectivity index (χ2n) is 6.74. The Hall–Kier alpha value is -3.15. The summed E-state index contributed by atoms with van der Waals surface area (Å²) in [6.45, 7) is 4.14. The summed E-state index contributed by atoms with van der Waals surface area (Å²) in [5.41, 5.74) is 3.49. The average molecular weight is 364 g/mol. The number of rotatable bonds is 4.